The average Bonchev–Trinajstić information content (AvgIpc) is 1.86. The van der Waals surface area contributed by atoms with Crippen LogP contribution in [0.1, 0.15) is 32.6 Å². The Bertz CT molecular complexity index is 157. The molecule has 11 heavy (non-hydrogen) atoms. The maximum atomic E-state index is 13.0. The van der Waals surface area contributed by atoms with Gasteiger partial charge in [-0.2, -0.15) is 0 Å². The zero-order valence-corrected chi connectivity index (χ0v) is 6.77. The van der Waals surface area contributed by atoms with Crippen molar-refractivity contribution in [2.75, 3.05) is 0 Å². The Morgan fingerprint density at radius 3 is 2.36 bits per heavy atom. The average molecular weight is 154 g/mol. The standard InChI is InChI=1S/C8H12BFO/c1-6(11)7-2-4-8(9,10)5-3-7/h7H,2-5H2,1H3. The van der Waals surface area contributed by atoms with Gasteiger partial charge in [0.25, 0.3) is 0 Å². The van der Waals surface area contributed by atoms with Crippen LogP contribution in [0.5, 0.6) is 0 Å². The molecular formula is C8H12BFO. The van der Waals surface area contributed by atoms with E-state index >= 15 is 0 Å². The summed E-state index contributed by atoms with van der Waals surface area (Å²) in [5.74, 6) is 0.225. The van der Waals surface area contributed by atoms with Crippen molar-refractivity contribution < 1.29 is 9.18 Å². The second-order valence-corrected chi connectivity index (χ2v) is 3.42. The molecule has 1 aliphatic carbocycles. The van der Waals surface area contributed by atoms with Gasteiger partial charge in [-0.25, -0.2) is 0 Å². The molecule has 2 radical (unpaired) electrons. The number of halogens is 1. The van der Waals surface area contributed by atoms with Crippen LogP contribution in [0.3, 0.4) is 0 Å². The minimum atomic E-state index is -1.51. The second-order valence-electron chi connectivity index (χ2n) is 3.42. The third-order valence-corrected chi connectivity index (χ3v) is 2.39. The summed E-state index contributed by atoms with van der Waals surface area (Å²) in [7, 11) is 5.26. The first-order valence-corrected chi connectivity index (χ1v) is 3.99. The maximum absolute atomic E-state index is 13.0. The lowest BCUT2D eigenvalue weighted by atomic mass is 9.68. The zero-order valence-electron chi connectivity index (χ0n) is 6.77. The van der Waals surface area contributed by atoms with Crippen LogP contribution in [0.15, 0.2) is 0 Å². The lowest BCUT2D eigenvalue weighted by Crippen LogP contribution is -2.31. The van der Waals surface area contributed by atoms with Crippen molar-refractivity contribution in [3.8, 4) is 0 Å². The predicted molar refractivity (Wildman–Crippen MR) is 42.2 cm³/mol. The summed E-state index contributed by atoms with van der Waals surface area (Å²) in [5.41, 5.74) is -1.51. The van der Waals surface area contributed by atoms with Gasteiger partial charge in [0.05, 0.1) is 5.57 Å². The lowest BCUT2D eigenvalue weighted by molar-refractivity contribution is -0.122. The summed E-state index contributed by atoms with van der Waals surface area (Å²) in [6.07, 6.45) is 1.89. The van der Waals surface area contributed by atoms with Gasteiger partial charge in [-0.3, -0.25) is 9.18 Å². The van der Waals surface area contributed by atoms with E-state index < -0.39 is 5.57 Å². The highest BCUT2D eigenvalue weighted by atomic mass is 19.1. The molecule has 0 N–H and O–H groups in total. The molecule has 1 aliphatic rings. The third-order valence-electron chi connectivity index (χ3n) is 2.39. The van der Waals surface area contributed by atoms with Crippen molar-refractivity contribution in [2.45, 2.75) is 38.2 Å². The van der Waals surface area contributed by atoms with Crippen LogP contribution >= 0.6 is 0 Å². The van der Waals surface area contributed by atoms with E-state index in [0.29, 0.717) is 25.7 Å². The van der Waals surface area contributed by atoms with Crippen LogP contribution < -0.4 is 0 Å². The number of alkyl halides is 1. The number of rotatable bonds is 1. The largest absolute Gasteiger partial charge is 0.300 e. The van der Waals surface area contributed by atoms with Gasteiger partial charge in [0.1, 0.15) is 13.6 Å². The third kappa shape index (κ3) is 2.31. The normalized spacial score (nSPS) is 38.5. The number of carbonyl (C=O) groups excluding carboxylic acids is 1. The van der Waals surface area contributed by atoms with Gasteiger partial charge in [0, 0.05) is 5.92 Å². The van der Waals surface area contributed by atoms with Gasteiger partial charge < -0.3 is 0 Å². The van der Waals surface area contributed by atoms with Gasteiger partial charge >= 0.3 is 0 Å². The Hall–Kier alpha value is -0.335. The number of ketones is 1. The van der Waals surface area contributed by atoms with Crippen molar-refractivity contribution in [3.05, 3.63) is 0 Å². The summed E-state index contributed by atoms with van der Waals surface area (Å²) in [6, 6.07) is 0. The van der Waals surface area contributed by atoms with E-state index in [-0.39, 0.29) is 11.7 Å². The summed E-state index contributed by atoms with van der Waals surface area (Å²) in [6.45, 7) is 1.56. The Balaban J connectivity index is 2.42. The quantitative estimate of drug-likeness (QED) is 0.524. The monoisotopic (exact) mass is 154 g/mol. The molecule has 1 rings (SSSR count). The van der Waals surface area contributed by atoms with Crippen LogP contribution in [0.25, 0.3) is 0 Å². The van der Waals surface area contributed by atoms with Crippen molar-refractivity contribution in [1.82, 2.24) is 0 Å². The molecule has 0 bridgehead atoms. The van der Waals surface area contributed by atoms with Crippen molar-refractivity contribution in [1.29, 1.82) is 0 Å². The highest BCUT2D eigenvalue weighted by Crippen LogP contribution is 2.32. The Morgan fingerprint density at radius 1 is 1.55 bits per heavy atom. The minimum absolute atomic E-state index is 0.0578. The number of carbonyl (C=O) groups is 1. The highest BCUT2D eigenvalue weighted by Gasteiger charge is 2.31. The smallest absolute Gasteiger partial charge is 0.132 e. The summed E-state index contributed by atoms with van der Waals surface area (Å²) >= 11 is 0. The van der Waals surface area contributed by atoms with Crippen LogP contribution in [0, 0.1) is 5.92 Å². The van der Waals surface area contributed by atoms with E-state index in [1.54, 1.807) is 6.92 Å². The molecule has 0 aromatic heterocycles. The topological polar surface area (TPSA) is 17.1 Å². The van der Waals surface area contributed by atoms with Gasteiger partial charge in [0.15, 0.2) is 0 Å². The lowest BCUT2D eigenvalue weighted by Gasteiger charge is -2.30. The summed E-state index contributed by atoms with van der Waals surface area (Å²) < 4.78 is 13.0. The molecule has 0 aliphatic heterocycles. The minimum Gasteiger partial charge on any atom is -0.300 e. The Kier molecular flexibility index (Phi) is 2.35. The zero-order chi connectivity index (χ0) is 8.48. The highest BCUT2D eigenvalue weighted by molar-refractivity contribution is 6.14. The molecule has 0 heterocycles. The van der Waals surface area contributed by atoms with Gasteiger partial charge in [-0.1, -0.05) is 0 Å². The van der Waals surface area contributed by atoms with E-state index in [4.69, 9.17) is 7.85 Å². The van der Waals surface area contributed by atoms with E-state index in [1.165, 1.54) is 0 Å². The van der Waals surface area contributed by atoms with Crippen molar-refractivity contribution in [2.24, 2.45) is 5.92 Å². The summed E-state index contributed by atoms with van der Waals surface area (Å²) in [5, 5.41) is 0. The van der Waals surface area contributed by atoms with Gasteiger partial charge in [-0.15, -0.1) is 0 Å². The molecule has 1 nitrogen and oxygen atoms in total. The first-order valence-electron chi connectivity index (χ1n) is 3.99. The number of hydrogen-bond donors (Lipinski definition) is 0. The number of hydrogen-bond acceptors (Lipinski definition) is 1. The SMILES string of the molecule is [B]C1(F)CCC(C(C)=O)CC1. The van der Waals surface area contributed by atoms with Crippen molar-refractivity contribution >= 4 is 13.6 Å². The van der Waals surface area contributed by atoms with E-state index in [2.05, 4.69) is 0 Å². The van der Waals surface area contributed by atoms with Crippen LogP contribution in [-0.4, -0.2) is 19.2 Å². The molecule has 3 heteroatoms. The Morgan fingerprint density at radius 2 is 2.00 bits per heavy atom. The summed E-state index contributed by atoms with van der Waals surface area (Å²) in [4.78, 5) is 10.8. The second kappa shape index (κ2) is 2.96. The molecule has 60 valence electrons. The molecule has 0 atom stereocenters. The van der Waals surface area contributed by atoms with Crippen LogP contribution in [0.2, 0.25) is 0 Å². The molecule has 0 aromatic carbocycles. The van der Waals surface area contributed by atoms with Crippen LogP contribution in [0.4, 0.5) is 4.39 Å². The molecule has 0 unspecified atom stereocenters. The van der Waals surface area contributed by atoms with Crippen LogP contribution in [-0.2, 0) is 4.79 Å². The fraction of sp³-hybridized carbons (Fsp3) is 0.875. The molecule has 0 amide bonds. The predicted octanol–water partition coefficient (Wildman–Crippen LogP) is 1.60. The molecule has 1 fully saturated rings. The molecule has 1 saturated carbocycles. The van der Waals surface area contributed by atoms with Crippen molar-refractivity contribution in [3.63, 3.8) is 0 Å². The van der Waals surface area contributed by atoms with E-state index in [0.717, 1.165) is 0 Å². The molecule has 0 spiro atoms. The maximum Gasteiger partial charge on any atom is 0.132 e. The number of Topliss-reactive ketones (excluding diaryl/α,β-unsaturated/α-hetero) is 1. The van der Waals surface area contributed by atoms with Gasteiger partial charge in [0.2, 0.25) is 0 Å². The first-order chi connectivity index (χ1) is 5.01. The van der Waals surface area contributed by atoms with E-state index in [9.17, 15) is 9.18 Å². The fourth-order valence-corrected chi connectivity index (χ4v) is 1.50. The van der Waals surface area contributed by atoms with E-state index in [1.807, 2.05) is 0 Å². The fourth-order valence-electron chi connectivity index (χ4n) is 1.50. The first kappa shape index (κ1) is 8.76. The molecule has 0 aromatic rings. The van der Waals surface area contributed by atoms with Gasteiger partial charge in [-0.05, 0) is 32.6 Å². The molecular weight excluding hydrogens is 142 g/mol. The molecule has 0 saturated heterocycles. The Labute approximate surface area is 67.8 Å².